The van der Waals surface area contributed by atoms with Gasteiger partial charge < -0.3 is 10.1 Å². The molecule has 0 aliphatic rings. The molecular weight excluding hydrogens is 588 g/mol. The highest BCUT2D eigenvalue weighted by molar-refractivity contribution is 6.30. The minimum atomic E-state index is -0.451. The summed E-state index contributed by atoms with van der Waals surface area (Å²) in [6.07, 6.45) is 3.57. The molecule has 0 atom stereocenters. The van der Waals surface area contributed by atoms with Crippen LogP contribution in [0.1, 0.15) is 88.8 Å². The highest BCUT2D eigenvalue weighted by Crippen LogP contribution is 2.38. The maximum Gasteiger partial charge on any atom is 0.270 e. The summed E-state index contributed by atoms with van der Waals surface area (Å²) < 4.78 is 7.84. The quantitative estimate of drug-likeness (QED) is 0.0851. The van der Waals surface area contributed by atoms with Crippen molar-refractivity contribution in [2.45, 2.75) is 78.1 Å². The Morgan fingerprint density at radius 2 is 1.67 bits per heavy atom. The van der Waals surface area contributed by atoms with Gasteiger partial charge in [-0.05, 0) is 84.5 Å². The molecule has 1 heterocycles. The summed E-state index contributed by atoms with van der Waals surface area (Å²) in [7, 11) is 0. The minimum Gasteiger partial charge on any atom is -0.493 e. The molecule has 0 saturated carbocycles. The Bertz CT molecular complexity index is 1640. The van der Waals surface area contributed by atoms with E-state index in [2.05, 4.69) is 70.2 Å². The van der Waals surface area contributed by atoms with E-state index < -0.39 is 4.92 Å². The summed E-state index contributed by atoms with van der Waals surface area (Å²) in [5.74, 6) is 0.642. The molecule has 8 nitrogen and oxygen atoms in total. The van der Waals surface area contributed by atoms with E-state index in [9.17, 15) is 14.9 Å². The molecule has 9 heteroatoms. The Kier molecular flexibility index (Phi) is 10.7. The largest absolute Gasteiger partial charge is 0.493 e. The molecule has 0 aliphatic heterocycles. The number of rotatable bonds is 14. The molecule has 1 amide bonds. The van der Waals surface area contributed by atoms with Crippen LogP contribution in [0.3, 0.4) is 0 Å². The Labute approximate surface area is 270 Å². The van der Waals surface area contributed by atoms with Crippen molar-refractivity contribution >= 4 is 23.2 Å². The number of nitro benzene ring substituents is 1. The Balaban J connectivity index is 1.42. The van der Waals surface area contributed by atoms with Gasteiger partial charge in [-0.25, -0.2) is 4.68 Å². The lowest BCUT2D eigenvalue weighted by Crippen LogP contribution is -2.27. The van der Waals surface area contributed by atoms with Crippen molar-refractivity contribution in [3.8, 4) is 22.7 Å². The lowest BCUT2D eigenvalue weighted by Gasteiger charge is -2.30. The summed E-state index contributed by atoms with van der Waals surface area (Å²) in [6, 6.07) is 21.5. The third-order valence-corrected chi connectivity index (χ3v) is 8.98. The minimum absolute atomic E-state index is 0.0115. The Morgan fingerprint density at radius 3 is 2.31 bits per heavy atom. The van der Waals surface area contributed by atoms with Crippen molar-refractivity contribution in [1.29, 1.82) is 0 Å². The fourth-order valence-electron chi connectivity index (χ4n) is 4.94. The van der Waals surface area contributed by atoms with E-state index >= 15 is 0 Å². The van der Waals surface area contributed by atoms with Crippen LogP contribution in [0, 0.1) is 10.1 Å². The summed E-state index contributed by atoms with van der Waals surface area (Å²) in [5.41, 5.74) is 4.77. The van der Waals surface area contributed by atoms with Gasteiger partial charge in [-0.3, -0.25) is 14.9 Å². The standard InChI is InChI=1S/C36H43ClN4O4/c1-7-35(3,4)26-16-19-33(30(22-26)36(5,6)8-2)45-21-10-9-20-38-34(42)32-24-31(25-14-17-28(18-15-25)41(43)44)39-40(32)29-13-11-12-27(37)23-29/h11-19,22-24H,7-10,20-21H2,1-6H3,(H,38,42). The number of nitro groups is 1. The van der Waals surface area contributed by atoms with Gasteiger partial charge in [0.05, 0.1) is 22.9 Å². The number of benzene rings is 3. The topological polar surface area (TPSA) is 99.3 Å². The maximum absolute atomic E-state index is 13.4. The zero-order valence-corrected chi connectivity index (χ0v) is 27.8. The number of nitrogens with zero attached hydrogens (tertiary/aromatic N) is 3. The third kappa shape index (κ3) is 8.11. The summed E-state index contributed by atoms with van der Waals surface area (Å²) in [6.45, 7) is 14.5. The van der Waals surface area contributed by atoms with Gasteiger partial charge >= 0.3 is 0 Å². The first-order chi connectivity index (χ1) is 21.4. The Hall–Kier alpha value is -4.17. The average Bonchev–Trinajstić information content (AvgIpc) is 3.48. The van der Waals surface area contributed by atoms with E-state index in [4.69, 9.17) is 16.3 Å². The Morgan fingerprint density at radius 1 is 0.956 bits per heavy atom. The van der Waals surface area contributed by atoms with Crippen LogP contribution in [-0.2, 0) is 10.8 Å². The number of unbranched alkanes of at least 4 members (excludes halogenated alkanes) is 1. The second-order valence-corrected chi connectivity index (χ2v) is 13.0. The number of carbonyl (C=O) groups is 1. The monoisotopic (exact) mass is 630 g/mol. The fourth-order valence-corrected chi connectivity index (χ4v) is 5.13. The molecule has 1 aromatic heterocycles. The van der Waals surface area contributed by atoms with Crippen molar-refractivity contribution in [2.24, 2.45) is 0 Å². The summed E-state index contributed by atoms with van der Waals surface area (Å²) >= 11 is 6.23. The number of ether oxygens (including phenoxy) is 1. The molecule has 0 bridgehead atoms. The molecular formula is C36H43ClN4O4. The van der Waals surface area contributed by atoms with Crippen LogP contribution in [0.4, 0.5) is 5.69 Å². The molecule has 238 valence electrons. The van der Waals surface area contributed by atoms with Gasteiger partial charge in [0.15, 0.2) is 0 Å². The molecule has 0 radical (unpaired) electrons. The number of halogens is 1. The predicted octanol–water partition coefficient (Wildman–Crippen LogP) is 9.07. The van der Waals surface area contributed by atoms with Crippen LogP contribution >= 0.6 is 11.6 Å². The van der Waals surface area contributed by atoms with Crippen LogP contribution in [0.25, 0.3) is 16.9 Å². The average molecular weight is 631 g/mol. The van der Waals surface area contributed by atoms with Crippen molar-refractivity contribution in [1.82, 2.24) is 15.1 Å². The predicted molar refractivity (Wildman–Crippen MR) is 181 cm³/mol. The van der Waals surface area contributed by atoms with E-state index in [1.807, 2.05) is 6.07 Å². The molecule has 0 aliphatic carbocycles. The molecule has 0 spiro atoms. The van der Waals surface area contributed by atoms with Gasteiger partial charge in [0.25, 0.3) is 11.6 Å². The number of carbonyl (C=O) groups excluding carboxylic acids is 1. The first-order valence-electron chi connectivity index (χ1n) is 15.5. The van der Waals surface area contributed by atoms with Crippen molar-refractivity contribution in [3.05, 3.63) is 105 Å². The van der Waals surface area contributed by atoms with Crippen LogP contribution in [0.15, 0.2) is 72.8 Å². The van der Waals surface area contributed by atoms with Gasteiger partial charge in [-0.1, -0.05) is 71.3 Å². The van der Waals surface area contributed by atoms with Gasteiger partial charge in [0.1, 0.15) is 11.4 Å². The number of nitrogens with one attached hydrogen (secondary N) is 1. The van der Waals surface area contributed by atoms with Crippen molar-refractivity contribution < 1.29 is 14.5 Å². The van der Waals surface area contributed by atoms with E-state index in [1.165, 1.54) is 23.3 Å². The van der Waals surface area contributed by atoms with Gasteiger partial charge in [0.2, 0.25) is 0 Å². The summed E-state index contributed by atoms with van der Waals surface area (Å²) in [4.78, 5) is 24.0. The molecule has 3 aromatic carbocycles. The smallest absolute Gasteiger partial charge is 0.270 e. The zero-order chi connectivity index (χ0) is 32.8. The highest BCUT2D eigenvalue weighted by Gasteiger charge is 2.26. The molecule has 0 fully saturated rings. The molecule has 0 saturated heterocycles. The van der Waals surface area contributed by atoms with Gasteiger partial charge in [-0.15, -0.1) is 0 Å². The number of hydrogen-bond acceptors (Lipinski definition) is 5. The SMILES string of the molecule is CCC(C)(C)c1ccc(OCCCCNC(=O)c2cc(-c3ccc([N+](=O)[O-])cc3)nn2-c2cccc(Cl)c2)c(C(C)(C)CC)c1. The molecule has 4 rings (SSSR count). The second kappa shape index (κ2) is 14.3. The van der Waals surface area contributed by atoms with E-state index in [1.54, 1.807) is 41.1 Å². The van der Waals surface area contributed by atoms with Crippen LogP contribution in [0.5, 0.6) is 5.75 Å². The van der Waals surface area contributed by atoms with Crippen LogP contribution in [-0.4, -0.2) is 33.8 Å². The van der Waals surface area contributed by atoms with E-state index in [0.717, 1.165) is 31.4 Å². The second-order valence-electron chi connectivity index (χ2n) is 12.6. The third-order valence-electron chi connectivity index (χ3n) is 8.74. The highest BCUT2D eigenvalue weighted by atomic mass is 35.5. The number of hydrogen-bond donors (Lipinski definition) is 1. The van der Waals surface area contributed by atoms with Crippen LogP contribution < -0.4 is 10.1 Å². The van der Waals surface area contributed by atoms with Crippen LogP contribution in [0.2, 0.25) is 5.02 Å². The van der Waals surface area contributed by atoms with Crippen molar-refractivity contribution in [2.75, 3.05) is 13.2 Å². The van der Waals surface area contributed by atoms with Gasteiger partial charge in [-0.2, -0.15) is 5.10 Å². The van der Waals surface area contributed by atoms with Crippen molar-refractivity contribution in [3.63, 3.8) is 0 Å². The van der Waals surface area contributed by atoms with E-state index in [0.29, 0.717) is 40.8 Å². The first-order valence-corrected chi connectivity index (χ1v) is 15.9. The first kappa shape index (κ1) is 33.7. The summed E-state index contributed by atoms with van der Waals surface area (Å²) in [5, 5.41) is 19.3. The number of aromatic nitrogens is 2. The van der Waals surface area contributed by atoms with Gasteiger partial charge in [0, 0.05) is 34.8 Å². The lowest BCUT2D eigenvalue weighted by atomic mass is 9.76. The molecule has 1 N–H and O–H groups in total. The molecule has 4 aromatic rings. The lowest BCUT2D eigenvalue weighted by molar-refractivity contribution is -0.384. The number of amides is 1. The number of non-ortho nitro benzene ring substituents is 1. The molecule has 45 heavy (non-hydrogen) atoms. The fraction of sp³-hybridized carbons (Fsp3) is 0.389. The maximum atomic E-state index is 13.4. The molecule has 0 unspecified atom stereocenters. The zero-order valence-electron chi connectivity index (χ0n) is 27.0. The van der Waals surface area contributed by atoms with E-state index in [-0.39, 0.29) is 22.4 Å². The normalized spacial score (nSPS) is 11.8.